The maximum atomic E-state index is 13.6. The second kappa shape index (κ2) is 13.2. The molecule has 3 aromatic carbocycles. The maximum Gasteiger partial charge on any atom is 0.224 e. The highest BCUT2D eigenvalue weighted by molar-refractivity contribution is 5.83. The van der Waals surface area contributed by atoms with E-state index in [2.05, 4.69) is 57.6 Å². The van der Waals surface area contributed by atoms with Gasteiger partial charge >= 0.3 is 0 Å². The number of carbonyl (C=O) groups excluding carboxylic acids is 1. The fourth-order valence-electron chi connectivity index (χ4n) is 5.59. The molecule has 5 rings (SSSR count). The van der Waals surface area contributed by atoms with Crippen molar-refractivity contribution >= 4 is 16.7 Å². The summed E-state index contributed by atoms with van der Waals surface area (Å²) in [7, 11) is 0. The minimum absolute atomic E-state index is 0.103. The number of morpholine rings is 1. The van der Waals surface area contributed by atoms with Crippen molar-refractivity contribution < 1.29 is 18.7 Å². The Morgan fingerprint density at radius 2 is 1.82 bits per heavy atom. The summed E-state index contributed by atoms with van der Waals surface area (Å²) in [4.78, 5) is 18.0. The third-order valence-electron chi connectivity index (χ3n) is 7.54. The number of hydrogen-bond donors (Lipinski definition) is 1. The van der Waals surface area contributed by atoms with Gasteiger partial charge in [0.1, 0.15) is 11.6 Å². The van der Waals surface area contributed by atoms with Crippen LogP contribution in [0.2, 0.25) is 0 Å². The first kappa shape index (κ1) is 26.6. The smallest absolute Gasteiger partial charge is 0.224 e. The largest absolute Gasteiger partial charge is 0.493 e. The van der Waals surface area contributed by atoms with Crippen LogP contribution in [0.3, 0.4) is 0 Å². The molecule has 2 saturated heterocycles. The van der Waals surface area contributed by atoms with E-state index in [1.807, 2.05) is 0 Å². The lowest BCUT2D eigenvalue weighted by Gasteiger charge is -2.37. The average Bonchev–Trinajstić information content (AvgIpc) is 2.94. The van der Waals surface area contributed by atoms with Crippen LogP contribution in [0.15, 0.2) is 66.7 Å². The number of likely N-dealkylation sites (tertiary alicyclic amines) is 1. The number of hydrogen-bond acceptors (Lipinski definition) is 5. The van der Waals surface area contributed by atoms with Gasteiger partial charge in [0.15, 0.2) is 0 Å². The van der Waals surface area contributed by atoms with Crippen molar-refractivity contribution in [1.82, 2.24) is 15.1 Å². The van der Waals surface area contributed by atoms with E-state index >= 15 is 0 Å². The Morgan fingerprint density at radius 1 is 0.974 bits per heavy atom. The van der Waals surface area contributed by atoms with Crippen LogP contribution in [0.4, 0.5) is 4.39 Å². The van der Waals surface area contributed by atoms with E-state index in [1.165, 1.54) is 28.5 Å². The van der Waals surface area contributed by atoms with E-state index in [9.17, 15) is 9.18 Å². The number of ether oxygens (including phenoxy) is 2. The lowest BCUT2D eigenvalue weighted by atomic mass is 9.88. The molecule has 2 aliphatic rings. The van der Waals surface area contributed by atoms with Crippen molar-refractivity contribution in [1.29, 1.82) is 0 Å². The monoisotopic (exact) mass is 519 g/mol. The van der Waals surface area contributed by atoms with Gasteiger partial charge in [0.05, 0.1) is 25.7 Å². The number of benzene rings is 3. The van der Waals surface area contributed by atoms with Crippen LogP contribution in [0.1, 0.15) is 18.4 Å². The third-order valence-corrected chi connectivity index (χ3v) is 7.54. The highest BCUT2D eigenvalue weighted by atomic mass is 19.1. The molecule has 1 amide bonds. The van der Waals surface area contributed by atoms with Crippen LogP contribution in [0.5, 0.6) is 5.75 Å². The standard InChI is InChI=1S/C31H38FN3O3/c32-29-7-3-8-30(19-29)38-23-25-18-28(31(36)33-11-4-12-34-13-15-37-16-14-34)22-35(21-25)20-24-9-10-26-5-1-2-6-27(26)17-24/h1-3,5-10,17,19,25,28H,4,11-16,18,20-23H2,(H,33,36)/t25-,28+/m0/s1. The summed E-state index contributed by atoms with van der Waals surface area (Å²) in [6, 6.07) is 21.2. The summed E-state index contributed by atoms with van der Waals surface area (Å²) < 4.78 is 25.0. The molecule has 0 aromatic heterocycles. The molecule has 1 N–H and O–H groups in total. The van der Waals surface area contributed by atoms with Crippen molar-refractivity contribution in [3.63, 3.8) is 0 Å². The summed E-state index contributed by atoms with van der Waals surface area (Å²) in [5, 5.41) is 5.64. The van der Waals surface area contributed by atoms with Crippen LogP contribution in [-0.4, -0.2) is 74.8 Å². The highest BCUT2D eigenvalue weighted by Gasteiger charge is 2.32. The zero-order chi connectivity index (χ0) is 26.2. The third kappa shape index (κ3) is 7.53. The number of halogens is 1. The molecule has 0 aliphatic carbocycles. The molecule has 0 unspecified atom stereocenters. The number of nitrogens with one attached hydrogen (secondary N) is 1. The van der Waals surface area contributed by atoms with Gasteiger partial charge in [-0.1, -0.05) is 42.5 Å². The Morgan fingerprint density at radius 3 is 2.66 bits per heavy atom. The number of carbonyl (C=O) groups is 1. The Balaban J connectivity index is 1.20. The topological polar surface area (TPSA) is 54.0 Å². The van der Waals surface area contributed by atoms with E-state index in [1.54, 1.807) is 12.1 Å². The Bertz CT molecular complexity index is 1200. The maximum absolute atomic E-state index is 13.6. The molecule has 7 heteroatoms. The molecule has 0 spiro atoms. The lowest BCUT2D eigenvalue weighted by Crippen LogP contribution is -2.47. The Hall–Kier alpha value is -3.00. The van der Waals surface area contributed by atoms with Crippen LogP contribution in [0, 0.1) is 17.7 Å². The fraction of sp³-hybridized carbons (Fsp3) is 0.452. The first-order valence-corrected chi connectivity index (χ1v) is 13.8. The number of fused-ring (bicyclic) bond motifs is 1. The molecule has 2 fully saturated rings. The zero-order valence-corrected chi connectivity index (χ0v) is 22.0. The van der Waals surface area contributed by atoms with Crippen LogP contribution in [0.25, 0.3) is 10.8 Å². The van der Waals surface area contributed by atoms with E-state index in [0.29, 0.717) is 18.9 Å². The summed E-state index contributed by atoms with van der Waals surface area (Å²) in [6.45, 7) is 7.97. The zero-order valence-electron chi connectivity index (χ0n) is 22.0. The molecular weight excluding hydrogens is 481 g/mol. The van der Waals surface area contributed by atoms with Gasteiger partial charge in [-0.25, -0.2) is 4.39 Å². The van der Waals surface area contributed by atoms with Crippen molar-refractivity contribution in [3.05, 3.63) is 78.1 Å². The van der Waals surface area contributed by atoms with Gasteiger partial charge in [0.2, 0.25) is 5.91 Å². The second-order valence-corrected chi connectivity index (χ2v) is 10.5. The molecule has 3 aromatic rings. The first-order valence-electron chi connectivity index (χ1n) is 13.8. The molecule has 2 heterocycles. The summed E-state index contributed by atoms with van der Waals surface area (Å²) >= 11 is 0. The summed E-state index contributed by atoms with van der Waals surface area (Å²) in [5.41, 5.74) is 1.24. The summed E-state index contributed by atoms with van der Waals surface area (Å²) in [6.07, 6.45) is 1.70. The van der Waals surface area contributed by atoms with Crippen LogP contribution < -0.4 is 10.1 Å². The van der Waals surface area contributed by atoms with Gasteiger partial charge in [0.25, 0.3) is 0 Å². The van der Waals surface area contributed by atoms with Crippen LogP contribution >= 0.6 is 0 Å². The summed E-state index contributed by atoms with van der Waals surface area (Å²) in [5.74, 6) is 0.412. The normalized spacial score (nSPS) is 20.9. The Labute approximate surface area is 224 Å². The molecule has 2 aliphatic heterocycles. The fourth-order valence-corrected chi connectivity index (χ4v) is 5.59. The SMILES string of the molecule is O=C(NCCCN1CCOCC1)[C@@H]1C[C@H](COc2cccc(F)c2)CN(Cc2ccc3ccccc3c2)C1. The molecule has 202 valence electrons. The van der Waals surface area contributed by atoms with Gasteiger partial charge in [-0.05, 0) is 53.9 Å². The van der Waals surface area contributed by atoms with E-state index in [0.717, 1.165) is 65.3 Å². The number of amides is 1. The first-order chi connectivity index (χ1) is 18.6. The molecule has 0 saturated carbocycles. The number of piperidine rings is 1. The van der Waals surface area contributed by atoms with Gasteiger partial charge < -0.3 is 14.8 Å². The number of rotatable bonds is 10. The van der Waals surface area contributed by atoms with E-state index in [-0.39, 0.29) is 23.6 Å². The predicted octanol–water partition coefficient (Wildman–Crippen LogP) is 4.33. The molecular formula is C31H38FN3O3. The minimum atomic E-state index is -0.307. The molecule has 0 radical (unpaired) electrons. The van der Waals surface area contributed by atoms with Gasteiger partial charge in [-0.2, -0.15) is 0 Å². The molecule has 2 atom stereocenters. The van der Waals surface area contributed by atoms with E-state index in [4.69, 9.17) is 9.47 Å². The highest BCUT2D eigenvalue weighted by Crippen LogP contribution is 2.26. The van der Waals surface area contributed by atoms with Crippen molar-refractivity contribution in [3.8, 4) is 5.75 Å². The van der Waals surface area contributed by atoms with E-state index < -0.39 is 0 Å². The second-order valence-electron chi connectivity index (χ2n) is 10.5. The van der Waals surface area contributed by atoms with Gasteiger partial charge in [-0.15, -0.1) is 0 Å². The Kier molecular flexibility index (Phi) is 9.23. The predicted molar refractivity (Wildman–Crippen MR) is 148 cm³/mol. The molecule has 6 nitrogen and oxygen atoms in total. The molecule has 38 heavy (non-hydrogen) atoms. The van der Waals surface area contributed by atoms with Crippen molar-refractivity contribution in [2.75, 3.05) is 59.1 Å². The average molecular weight is 520 g/mol. The van der Waals surface area contributed by atoms with Gasteiger partial charge in [0, 0.05) is 51.3 Å². The van der Waals surface area contributed by atoms with Crippen molar-refractivity contribution in [2.45, 2.75) is 19.4 Å². The van der Waals surface area contributed by atoms with Crippen LogP contribution in [-0.2, 0) is 16.1 Å². The lowest BCUT2D eigenvalue weighted by molar-refractivity contribution is -0.127. The minimum Gasteiger partial charge on any atom is -0.493 e. The van der Waals surface area contributed by atoms with Gasteiger partial charge in [-0.3, -0.25) is 14.6 Å². The quantitative estimate of drug-likeness (QED) is 0.404. The number of nitrogens with zero attached hydrogens (tertiary/aromatic N) is 2. The van der Waals surface area contributed by atoms with Crippen molar-refractivity contribution in [2.24, 2.45) is 11.8 Å². The molecule has 0 bridgehead atoms.